The van der Waals surface area contributed by atoms with Gasteiger partial charge in [0, 0.05) is 29.9 Å². The van der Waals surface area contributed by atoms with Gasteiger partial charge in [0.25, 0.3) is 0 Å². The van der Waals surface area contributed by atoms with E-state index in [4.69, 9.17) is 11.6 Å². The predicted octanol–water partition coefficient (Wildman–Crippen LogP) is 2.31. The van der Waals surface area contributed by atoms with Crippen molar-refractivity contribution in [1.29, 1.82) is 0 Å². The molecule has 0 bridgehead atoms. The lowest BCUT2D eigenvalue weighted by Gasteiger charge is -2.08. The number of nitrogens with zero attached hydrogens (tertiary/aromatic N) is 2. The van der Waals surface area contributed by atoms with Crippen molar-refractivity contribution in [2.24, 2.45) is 7.05 Å². The Balaban J connectivity index is 2.10. The molecule has 0 fully saturated rings. The first-order chi connectivity index (χ1) is 9.80. The summed E-state index contributed by atoms with van der Waals surface area (Å²) in [7, 11) is -1.61. The zero-order valence-corrected chi connectivity index (χ0v) is 13.8. The molecule has 0 aliphatic heterocycles. The molecule has 0 saturated heterocycles. The predicted molar refractivity (Wildman–Crippen MR) is 83.6 cm³/mol. The van der Waals surface area contributed by atoms with E-state index in [-0.39, 0.29) is 12.3 Å². The maximum Gasteiger partial charge on any atom is 0.216 e. The molecule has 0 unspecified atom stereocenters. The quantitative estimate of drug-likeness (QED) is 0.916. The van der Waals surface area contributed by atoms with Gasteiger partial charge < -0.3 is 0 Å². The molecule has 0 radical (unpaired) electrons. The number of halogens is 1. The van der Waals surface area contributed by atoms with Crippen LogP contribution in [0.1, 0.15) is 22.5 Å². The first kappa shape index (κ1) is 16.0. The molecule has 0 saturated carbocycles. The fourth-order valence-corrected chi connectivity index (χ4v) is 3.54. The maximum absolute atomic E-state index is 12.2. The topological polar surface area (TPSA) is 64.0 Å². The van der Waals surface area contributed by atoms with E-state index >= 15 is 0 Å². The third kappa shape index (κ3) is 3.84. The van der Waals surface area contributed by atoms with Gasteiger partial charge in [-0.15, -0.1) is 0 Å². The molecule has 0 spiro atoms. The molecule has 1 aromatic carbocycles. The van der Waals surface area contributed by atoms with Gasteiger partial charge in [-0.25, -0.2) is 13.1 Å². The minimum absolute atomic E-state index is 0.134. The average molecular weight is 328 g/mol. The summed E-state index contributed by atoms with van der Waals surface area (Å²) in [5, 5.41) is 4.73. The Morgan fingerprint density at radius 3 is 2.52 bits per heavy atom. The summed E-state index contributed by atoms with van der Waals surface area (Å²) >= 11 is 6.00. The van der Waals surface area contributed by atoms with Crippen molar-refractivity contribution in [2.45, 2.75) is 26.1 Å². The number of benzene rings is 1. The molecule has 1 aromatic heterocycles. The van der Waals surface area contributed by atoms with Crippen molar-refractivity contribution in [3.05, 3.63) is 51.8 Å². The van der Waals surface area contributed by atoms with E-state index < -0.39 is 10.0 Å². The van der Waals surface area contributed by atoms with E-state index in [1.807, 2.05) is 20.9 Å². The molecule has 5 nitrogen and oxygen atoms in total. The summed E-state index contributed by atoms with van der Waals surface area (Å²) in [6, 6.07) is 6.93. The normalized spacial score (nSPS) is 11.8. The Labute approximate surface area is 130 Å². The summed E-state index contributed by atoms with van der Waals surface area (Å²) in [5.41, 5.74) is 3.27. The third-order valence-electron chi connectivity index (χ3n) is 3.43. The Bertz CT molecular complexity index is 754. The van der Waals surface area contributed by atoms with Crippen molar-refractivity contribution in [2.75, 3.05) is 0 Å². The number of hydrogen-bond donors (Lipinski definition) is 1. The highest BCUT2D eigenvalue weighted by Crippen LogP contribution is 2.18. The molecule has 114 valence electrons. The van der Waals surface area contributed by atoms with E-state index in [2.05, 4.69) is 9.82 Å². The molecule has 21 heavy (non-hydrogen) atoms. The van der Waals surface area contributed by atoms with E-state index in [0.29, 0.717) is 10.6 Å². The molecular formula is C14H18ClN3O2S. The summed E-state index contributed by atoms with van der Waals surface area (Å²) in [4.78, 5) is 0. The van der Waals surface area contributed by atoms with Crippen molar-refractivity contribution in [3.63, 3.8) is 0 Å². The van der Waals surface area contributed by atoms with E-state index in [1.54, 1.807) is 28.9 Å². The highest BCUT2D eigenvalue weighted by molar-refractivity contribution is 7.88. The van der Waals surface area contributed by atoms with Crippen molar-refractivity contribution in [3.8, 4) is 0 Å². The standard InChI is InChI=1S/C14H18ClN3O2S/c1-10-13(11(2)18(3)17-10)8-16-21(19,20)9-12-6-4-5-7-14(12)15/h4-7,16H,8-9H2,1-3H3. The monoisotopic (exact) mass is 327 g/mol. The van der Waals surface area contributed by atoms with E-state index in [1.165, 1.54) is 0 Å². The van der Waals surface area contributed by atoms with Gasteiger partial charge in [-0.2, -0.15) is 5.10 Å². The molecule has 2 rings (SSSR count). The largest absolute Gasteiger partial charge is 0.272 e. The number of nitrogens with one attached hydrogen (secondary N) is 1. The van der Waals surface area contributed by atoms with Crippen LogP contribution in [-0.2, 0) is 29.4 Å². The number of hydrogen-bond acceptors (Lipinski definition) is 3. The molecule has 7 heteroatoms. The minimum atomic E-state index is -3.45. The van der Waals surface area contributed by atoms with Crippen LogP contribution in [0, 0.1) is 13.8 Å². The van der Waals surface area contributed by atoms with Crippen LogP contribution in [0.5, 0.6) is 0 Å². The Morgan fingerprint density at radius 1 is 1.29 bits per heavy atom. The molecule has 0 amide bonds. The van der Waals surface area contributed by atoms with Crippen LogP contribution >= 0.6 is 11.6 Å². The number of aryl methyl sites for hydroxylation is 2. The molecule has 0 aliphatic carbocycles. The highest BCUT2D eigenvalue weighted by Gasteiger charge is 2.16. The van der Waals surface area contributed by atoms with Gasteiger partial charge in [0.05, 0.1) is 11.4 Å². The summed E-state index contributed by atoms with van der Waals surface area (Å²) in [6.07, 6.45) is 0. The van der Waals surface area contributed by atoms with Gasteiger partial charge in [-0.05, 0) is 25.5 Å². The zero-order chi connectivity index (χ0) is 15.6. The highest BCUT2D eigenvalue weighted by atomic mass is 35.5. The van der Waals surface area contributed by atoms with Gasteiger partial charge in [0.1, 0.15) is 0 Å². The average Bonchev–Trinajstić information content (AvgIpc) is 2.64. The fraction of sp³-hybridized carbons (Fsp3) is 0.357. The smallest absolute Gasteiger partial charge is 0.216 e. The second-order valence-electron chi connectivity index (χ2n) is 4.94. The Hall–Kier alpha value is -1.37. The zero-order valence-electron chi connectivity index (χ0n) is 12.2. The molecular weight excluding hydrogens is 310 g/mol. The van der Waals surface area contributed by atoms with Crippen LogP contribution in [0.25, 0.3) is 0 Å². The SMILES string of the molecule is Cc1nn(C)c(C)c1CNS(=O)(=O)Cc1ccccc1Cl. The van der Waals surface area contributed by atoms with Gasteiger partial charge in [-0.3, -0.25) is 4.68 Å². The van der Waals surface area contributed by atoms with Gasteiger partial charge in [0.15, 0.2) is 0 Å². The van der Waals surface area contributed by atoms with Crippen LogP contribution < -0.4 is 4.72 Å². The number of aromatic nitrogens is 2. The molecule has 2 aromatic rings. The minimum Gasteiger partial charge on any atom is -0.272 e. The second kappa shape index (κ2) is 6.17. The first-order valence-corrected chi connectivity index (χ1v) is 8.53. The van der Waals surface area contributed by atoms with Crippen LogP contribution in [0.3, 0.4) is 0 Å². The van der Waals surface area contributed by atoms with Gasteiger partial charge in [-0.1, -0.05) is 29.8 Å². The lowest BCUT2D eigenvalue weighted by molar-refractivity contribution is 0.580. The van der Waals surface area contributed by atoms with Crippen molar-refractivity contribution >= 4 is 21.6 Å². The van der Waals surface area contributed by atoms with Crippen LogP contribution in [0.2, 0.25) is 5.02 Å². The lowest BCUT2D eigenvalue weighted by Crippen LogP contribution is -2.25. The first-order valence-electron chi connectivity index (χ1n) is 6.50. The van der Waals surface area contributed by atoms with Gasteiger partial charge in [0.2, 0.25) is 10.0 Å². The second-order valence-corrected chi connectivity index (χ2v) is 7.16. The number of sulfonamides is 1. The molecule has 0 atom stereocenters. The van der Waals surface area contributed by atoms with Crippen LogP contribution in [0.15, 0.2) is 24.3 Å². The summed E-state index contributed by atoms with van der Waals surface area (Å²) < 4.78 is 28.7. The lowest BCUT2D eigenvalue weighted by atomic mass is 10.2. The molecule has 1 heterocycles. The van der Waals surface area contributed by atoms with Crippen LogP contribution in [0.4, 0.5) is 0 Å². The van der Waals surface area contributed by atoms with Crippen molar-refractivity contribution < 1.29 is 8.42 Å². The molecule has 1 N–H and O–H groups in total. The van der Waals surface area contributed by atoms with E-state index in [9.17, 15) is 8.42 Å². The molecule has 0 aliphatic rings. The van der Waals surface area contributed by atoms with Crippen molar-refractivity contribution in [1.82, 2.24) is 14.5 Å². The van der Waals surface area contributed by atoms with Crippen LogP contribution in [-0.4, -0.2) is 18.2 Å². The third-order valence-corrected chi connectivity index (χ3v) is 5.08. The number of rotatable bonds is 5. The fourth-order valence-electron chi connectivity index (χ4n) is 2.13. The van der Waals surface area contributed by atoms with E-state index in [0.717, 1.165) is 17.0 Å². The van der Waals surface area contributed by atoms with Gasteiger partial charge >= 0.3 is 0 Å². The summed E-state index contributed by atoms with van der Waals surface area (Å²) in [6.45, 7) is 4.01. The summed E-state index contributed by atoms with van der Waals surface area (Å²) in [5.74, 6) is -0.134. The Kier molecular flexibility index (Phi) is 4.70. The Morgan fingerprint density at radius 2 is 1.95 bits per heavy atom. The maximum atomic E-state index is 12.2.